The van der Waals surface area contributed by atoms with Gasteiger partial charge in [0.1, 0.15) is 0 Å². The van der Waals surface area contributed by atoms with Crippen molar-refractivity contribution in [2.45, 2.75) is 0 Å². The fourth-order valence-corrected chi connectivity index (χ4v) is 3.76. The SMILES string of the molecule is O=C(O)c1ncc(-c2cccc(-c3ccccc3)c2)c2sccc12. The number of carboxylic acids is 1. The smallest absolute Gasteiger partial charge is 0.355 e. The van der Waals surface area contributed by atoms with Gasteiger partial charge in [0.15, 0.2) is 5.69 Å². The van der Waals surface area contributed by atoms with Gasteiger partial charge in [0, 0.05) is 21.8 Å². The lowest BCUT2D eigenvalue weighted by Gasteiger charge is -2.08. The fraction of sp³-hybridized carbons (Fsp3) is 0. The average molecular weight is 331 g/mol. The van der Waals surface area contributed by atoms with Gasteiger partial charge in [0.25, 0.3) is 0 Å². The van der Waals surface area contributed by atoms with E-state index in [1.165, 1.54) is 11.3 Å². The molecule has 0 aliphatic heterocycles. The Hall–Kier alpha value is -2.98. The van der Waals surface area contributed by atoms with Crippen LogP contribution in [0, 0.1) is 0 Å². The van der Waals surface area contributed by atoms with Crippen LogP contribution in [0.3, 0.4) is 0 Å². The number of pyridine rings is 1. The van der Waals surface area contributed by atoms with Gasteiger partial charge in [0.05, 0.1) is 0 Å². The van der Waals surface area contributed by atoms with Gasteiger partial charge < -0.3 is 5.11 Å². The number of carbonyl (C=O) groups is 1. The van der Waals surface area contributed by atoms with Crippen LogP contribution in [0.1, 0.15) is 10.5 Å². The Bertz CT molecular complexity index is 1040. The van der Waals surface area contributed by atoms with Gasteiger partial charge in [-0.05, 0) is 34.2 Å². The summed E-state index contributed by atoms with van der Waals surface area (Å²) in [5.41, 5.74) is 4.38. The highest BCUT2D eigenvalue weighted by atomic mass is 32.1. The lowest BCUT2D eigenvalue weighted by atomic mass is 9.99. The number of rotatable bonds is 3. The van der Waals surface area contributed by atoms with Gasteiger partial charge in [-0.1, -0.05) is 48.5 Å². The van der Waals surface area contributed by atoms with E-state index in [0.29, 0.717) is 5.39 Å². The van der Waals surface area contributed by atoms with Crippen molar-refractivity contribution in [3.8, 4) is 22.3 Å². The third-order valence-corrected chi connectivity index (χ3v) is 4.92. The summed E-state index contributed by atoms with van der Waals surface area (Å²) in [6.07, 6.45) is 1.66. The summed E-state index contributed by atoms with van der Waals surface area (Å²) < 4.78 is 0.951. The van der Waals surface area contributed by atoms with Crippen molar-refractivity contribution in [3.63, 3.8) is 0 Å². The minimum absolute atomic E-state index is 0.106. The number of carboxylic acid groups (broad SMARTS) is 1. The highest BCUT2D eigenvalue weighted by Crippen LogP contribution is 2.35. The summed E-state index contributed by atoms with van der Waals surface area (Å²) in [4.78, 5) is 15.5. The van der Waals surface area contributed by atoms with Gasteiger partial charge >= 0.3 is 5.97 Å². The molecular formula is C20H13NO2S. The maximum absolute atomic E-state index is 11.3. The number of fused-ring (bicyclic) bond motifs is 1. The predicted octanol–water partition coefficient (Wildman–Crippen LogP) is 5.33. The third-order valence-electron chi connectivity index (χ3n) is 3.97. The van der Waals surface area contributed by atoms with Crippen LogP contribution in [0.2, 0.25) is 0 Å². The molecule has 24 heavy (non-hydrogen) atoms. The molecular weight excluding hydrogens is 318 g/mol. The summed E-state index contributed by atoms with van der Waals surface area (Å²) in [5, 5.41) is 11.9. The maximum Gasteiger partial charge on any atom is 0.355 e. The third kappa shape index (κ3) is 2.47. The van der Waals surface area contributed by atoms with E-state index in [9.17, 15) is 9.90 Å². The van der Waals surface area contributed by atoms with Crippen molar-refractivity contribution in [1.29, 1.82) is 0 Å². The number of hydrogen-bond donors (Lipinski definition) is 1. The Morgan fingerprint density at radius 2 is 1.67 bits per heavy atom. The van der Waals surface area contributed by atoms with Crippen LogP contribution >= 0.6 is 11.3 Å². The van der Waals surface area contributed by atoms with Gasteiger partial charge in [0.2, 0.25) is 0 Å². The monoisotopic (exact) mass is 331 g/mol. The first-order valence-electron chi connectivity index (χ1n) is 7.49. The molecule has 0 amide bonds. The largest absolute Gasteiger partial charge is 0.476 e. The Balaban J connectivity index is 1.89. The number of hydrogen-bond acceptors (Lipinski definition) is 3. The van der Waals surface area contributed by atoms with Crippen LogP contribution in [0.15, 0.2) is 72.2 Å². The van der Waals surface area contributed by atoms with Gasteiger partial charge in [-0.15, -0.1) is 11.3 Å². The molecule has 0 saturated carbocycles. The lowest BCUT2D eigenvalue weighted by molar-refractivity contribution is 0.0693. The molecule has 3 nitrogen and oxygen atoms in total. The molecule has 0 atom stereocenters. The molecule has 0 bridgehead atoms. The zero-order chi connectivity index (χ0) is 16.5. The molecule has 1 N–H and O–H groups in total. The molecule has 116 valence electrons. The van der Waals surface area contributed by atoms with Crippen molar-refractivity contribution >= 4 is 27.4 Å². The van der Waals surface area contributed by atoms with E-state index in [1.807, 2.05) is 41.8 Å². The highest BCUT2D eigenvalue weighted by Gasteiger charge is 2.15. The number of benzene rings is 2. The minimum atomic E-state index is -0.997. The second-order valence-electron chi connectivity index (χ2n) is 5.44. The zero-order valence-corrected chi connectivity index (χ0v) is 13.5. The molecule has 0 aliphatic carbocycles. The molecule has 0 radical (unpaired) electrons. The molecule has 0 spiro atoms. The maximum atomic E-state index is 11.3. The Morgan fingerprint density at radius 1 is 0.917 bits per heavy atom. The number of aromatic carboxylic acids is 1. The summed E-state index contributed by atoms with van der Waals surface area (Å²) in [6.45, 7) is 0. The van der Waals surface area contributed by atoms with Crippen LogP contribution in [0.25, 0.3) is 32.3 Å². The van der Waals surface area contributed by atoms with Crippen molar-refractivity contribution < 1.29 is 9.90 Å². The van der Waals surface area contributed by atoms with Crippen molar-refractivity contribution in [2.75, 3.05) is 0 Å². The van der Waals surface area contributed by atoms with E-state index in [4.69, 9.17) is 0 Å². The molecule has 0 unspecified atom stereocenters. The van der Waals surface area contributed by atoms with Gasteiger partial charge in [-0.3, -0.25) is 0 Å². The molecule has 0 aliphatic rings. The van der Waals surface area contributed by atoms with E-state index < -0.39 is 5.97 Å². The quantitative estimate of drug-likeness (QED) is 0.552. The molecule has 0 saturated heterocycles. The summed E-state index contributed by atoms with van der Waals surface area (Å²) in [5.74, 6) is -0.997. The second-order valence-corrected chi connectivity index (χ2v) is 6.35. The van der Waals surface area contributed by atoms with E-state index in [0.717, 1.165) is 27.0 Å². The van der Waals surface area contributed by atoms with E-state index in [-0.39, 0.29) is 5.69 Å². The van der Waals surface area contributed by atoms with Crippen molar-refractivity contribution in [3.05, 3.63) is 77.9 Å². The molecule has 4 heteroatoms. The lowest BCUT2D eigenvalue weighted by Crippen LogP contribution is -2.00. The van der Waals surface area contributed by atoms with Crippen molar-refractivity contribution in [2.24, 2.45) is 0 Å². The number of thiophene rings is 1. The molecule has 2 aromatic heterocycles. The molecule has 4 aromatic rings. The van der Waals surface area contributed by atoms with Crippen LogP contribution in [-0.4, -0.2) is 16.1 Å². The fourth-order valence-electron chi connectivity index (χ4n) is 2.83. The topological polar surface area (TPSA) is 50.2 Å². The Kier molecular flexibility index (Phi) is 3.59. The van der Waals surface area contributed by atoms with Crippen LogP contribution in [0.4, 0.5) is 0 Å². The normalized spacial score (nSPS) is 10.8. The first-order valence-corrected chi connectivity index (χ1v) is 8.37. The van der Waals surface area contributed by atoms with E-state index >= 15 is 0 Å². The standard InChI is InChI=1S/C20H13NO2S/c22-20(23)18-16-9-10-24-19(16)17(12-21-18)15-8-4-7-14(11-15)13-5-2-1-3-6-13/h1-12H,(H,22,23). The Labute approximate surface area is 142 Å². The second kappa shape index (κ2) is 5.91. The first-order chi connectivity index (χ1) is 11.7. The number of aromatic nitrogens is 1. The number of nitrogens with zero attached hydrogens (tertiary/aromatic N) is 1. The van der Waals surface area contributed by atoms with Crippen LogP contribution in [0.5, 0.6) is 0 Å². The molecule has 2 heterocycles. The molecule has 0 fully saturated rings. The summed E-state index contributed by atoms with van der Waals surface area (Å²) in [6, 6.07) is 20.2. The first kappa shape index (κ1) is 14.6. The summed E-state index contributed by atoms with van der Waals surface area (Å²) in [7, 11) is 0. The molecule has 4 rings (SSSR count). The highest BCUT2D eigenvalue weighted by molar-refractivity contribution is 7.17. The van der Waals surface area contributed by atoms with Crippen LogP contribution < -0.4 is 0 Å². The van der Waals surface area contributed by atoms with Crippen LogP contribution in [-0.2, 0) is 0 Å². The zero-order valence-electron chi connectivity index (χ0n) is 12.6. The molecule has 2 aromatic carbocycles. The van der Waals surface area contributed by atoms with Crippen molar-refractivity contribution in [1.82, 2.24) is 4.98 Å². The van der Waals surface area contributed by atoms with Gasteiger partial charge in [-0.2, -0.15) is 0 Å². The predicted molar refractivity (Wildman–Crippen MR) is 97.5 cm³/mol. The van der Waals surface area contributed by atoms with Gasteiger partial charge in [-0.25, -0.2) is 9.78 Å². The van der Waals surface area contributed by atoms with E-state index in [1.54, 1.807) is 6.20 Å². The Morgan fingerprint density at radius 3 is 2.46 bits per heavy atom. The van der Waals surface area contributed by atoms with E-state index in [2.05, 4.69) is 29.2 Å². The summed E-state index contributed by atoms with van der Waals surface area (Å²) >= 11 is 1.54. The minimum Gasteiger partial charge on any atom is -0.476 e. The average Bonchev–Trinajstić information content (AvgIpc) is 3.11.